The molecule has 1 aromatic carbocycles. The van der Waals surface area contributed by atoms with Crippen LogP contribution in [0, 0.1) is 0 Å². The number of benzene rings is 1. The SMILES string of the molecule is CCNc1ccc(CCC(=O)NOC(=O)CC(=O)O)cc1. The van der Waals surface area contributed by atoms with Gasteiger partial charge in [-0.05, 0) is 31.0 Å². The first kappa shape index (κ1) is 16.5. The second-order valence-corrected chi connectivity index (χ2v) is 4.30. The van der Waals surface area contributed by atoms with Crippen molar-refractivity contribution in [1.82, 2.24) is 5.48 Å². The van der Waals surface area contributed by atoms with Gasteiger partial charge in [-0.1, -0.05) is 12.1 Å². The molecular weight excluding hydrogens is 276 g/mol. The van der Waals surface area contributed by atoms with Crippen LogP contribution in [0.5, 0.6) is 0 Å². The van der Waals surface area contributed by atoms with E-state index in [1.165, 1.54) is 0 Å². The molecule has 0 heterocycles. The average molecular weight is 294 g/mol. The van der Waals surface area contributed by atoms with Crippen molar-refractivity contribution in [3.8, 4) is 0 Å². The van der Waals surface area contributed by atoms with Crippen LogP contribution in [0.3, 0.4) is 0 Å². The molecule has 0 aliphatic carbocycles. The second kappa shape index (κ2) is 8.57. The molecule has 0 fully saturated rings. The van der Waals surface area contributed by atoms with Crippen molar-refractivity contribution in [2.45, 2.75) is 26.2 Å². The first-order chi connectivity index (χ1) is 10.0. The Labute approximate surface area is 122 Å². The third kappa shape index (κ3) is 6.95. The van der Waals surface area contributed by atoms with Crippen LogP contribution in [0.15, 0.2) is 24.3 Å². The van der Waals surface area contributed by atoms with E-state index < -0.39 is 24.3 Å². The zero-order chi connectivity index (χ0) is 15.7. The van der Waals surface area contributed by atoms with Gasteiger partial charge in [-0.25, -0.2) is 4.79 Å². The third-order valence-electron chi connectivity index (χ3n) is 2.55. The molecule has 1 aromatic rings. The predicted molar refractivity (Wildman–Crippen MR) is 75.4 cm³/mol. The maximum Gasteiger partial charge on any atom is 0.343 e. The summed E-state index contributed by atoms with van der Waals surface area (Å²) in [5.41, 5.74) is 3.91. The number of carbonyl (C=O) groups is 3. The van der Waals surface area contributed by atoms with Crippen LogP contribution < -0.4 is 10.8 Å². The van der Waals surface area contributed by atoms with Gasteiger partial charge < -0.3 is 15.3 Å². The van der Waals surface area contributed by atoms with Crippen LogP contribution in [0.25, 0.3) is 0 Å². The topological polar surface area (TPSA) is 105 Å². The van der Waals surface area contributed by atoms with E-state index >= 15 is 0 Å². The fraction of sp³-hybridized carbons (Fsp3) is 0.357. The van der Waals surface area contributed by atoms with Gasteiger partial charge in [0, 0.05) is 18.7 Å². The van der Waals surface area contributed by atoms with Gasteiger partial charge in [0.25, 0.3) is 5.91 Å². The largest absolute Gasteiger partial charge is 0.481 e. The van der Waals surface area contributed by atoms with Crippen molar-refractivity contribution in [2.24, 2.45) is 0 Å². The Hall–Kier alpha value is -2.57. The number of aryl methyl sites for hydroxylation is 1. The van der Waals surface area contributed by atoms with Crippen molar-refractivity contribution < 1.29 is 24.3 Å². The minimum absolute atomic E-state index is 0.140. The summed E-state index contributed by atoms with van der Waals surface area (Å²) in [6.45, 7) is 2.84. The summed E-state index contributed by atoms with van der Waals surface area (Å²) in [6, 6.07) is 7.65. The van der Waals surface area contributed by atoms with Crippen LogP contribution in [0.2, 0.25) is 0 Å². The number of rotatable bonds is 7. The normalized spacial score (nSPS) is 9.76. The first-order valence-electron chi connectivity index (χ1n) is 6.54. The van der Waals surface area contributed by atoms with E-state index in [1.54, 1.807) is 0 Å². The van der Waals surface area contributed by atoms with Gasteiger partial charge in [0.1, 0.15) is 6.42 Å². The lowest BCUT2D eigenvalue weighted by Crippen LogP contribution is -2.28. The molecule has 1 rings (SSSR count). The first-order valence-corrected chi connectivity index (χ1v) is 6.54. The number of amides is 1. The number of carboxylic acids is 1. The molecule has 0 saturated carbocycles. The van der Waals surface area contributed by atoms with Crippen LogP contribution in [0.4, 0.5) is 5.69 Å². The lowest BCUT2D eigenvalue weighted by molar-refractivity contribution is -0.162. The van der Waals surface area contributed by atoms with Crippen LogP contribution >= 0.6 is 0 Å². The number of nitrogens with one attached hydrogen (secondary N) is 2. The van der Waals surface area contributed by atoms with Crippen LogP contribution in [0.1, 0.15) is 25.3 Å². The highest BCUT2D eigenvalue weighted by molar-refractivity contribution is 5.90. The number of carboxylic acid groups (broad SMARTS) is 1. The number of hydrogen-bond acceptors (Lipinski definition) is 5. The summed E-state index contributed by atoms with van der Waals surface area (Å²) in [7, 11) is 0. The highest BCUT2D eigenvalue weighted by Crippen LogP contribution is 2.10. The van der Waals surface area contributed by atoms with Gasteiger partial charge in [-0.3, -0.25) is 9.59 Å². The lowest BCUT2D eigenvalue weighted by Gasteiger charge is -2.06. The predicted octanol–water partition coefficient (Wildman–Crippen LogP) is 1.10. The monoisotopic (exact) mass is 294 g/mol. The minimum Gasteiger partial charge on any atom is -0.481 e. The van der Waals surface area contributed by atoms with E-state index in [4.69, 9.17) is 5.11 Å². The highest BCUT2D eigenvalue weighted by Gasteiger charge is 2.11. The maximum atomic E-state index is 11.4. The summed E-state index contributed by atoms with van der Waals surface area (Å²) in [5, 5.41) is 11.5. The Morgan fingerprint density at radius 1 is 1.19 bits per heavy atom. The number of hydrogen-bond donors (Lipinski definition) is 3. The fourth-order valence-corrected chi connectivity index (χ4v) is 1.58. The second-order valence-electron chi connectivity index (χ2n) is 4.30. The molecule has 7 heteroatoms. The van der Waals surface area contributed by atoms with Gasteiger partial charge in [-0.2, -0.15) is 5.48 Å². The molecule has 0 aliphatic rings. The van der Waals surface area contributed by atoms with Crippen molar-refractivity contribution in [2.75, 3.05) is 11.9 Å². The van der Waals surface area contributed by atoms with E-state index in [2.05, 4.69) is 10.2 Å². The fourth-order valence-electron chi connectivity index (χ4n) is 1.58. The molecule has 7 nitrogen and oxygen atoms in total. The lowest BCUT2D eigenvalue weighted by atomic mass is 10.1. The van der Waals surface area contributed by atoms with Gasteiger partial charge in [0.15, 0.2) is 0 Å². The molecule has 0 aliphatic heterocycles. The molecule has 3 N–H and O–H groups in total. The van der Waals surface area contributed by atoms with Crippen molar-refractivity contribution >= 4 is 23.5 Å². The van der Waals surface area contributed by atoms with E-state index in [0.717, 1.165) is 17.8 Å². The Bertz CT molecular complexity index is 499. The molecule has 0 aromatic heterocycles. The van der Waals surface area contributed by atoms with E-state index in [1.807, 2.05) is 36.7 Å². The van der Waals surface area contributed by atoms with Crippen LogP contribution in [-0.2, 0) is 25.6 Å². The molecular formula is C14H18N2O5. The van der Waals surface area contributed by atoms with Crippen molar-refractivity contribution in [3.05, 3.63) is 29.8 Å². The van der Waals surface area contributed by atoms with Crippen LogP contribution in [-0.4, -0.2) is 29.5 Å². The minimum atomic E-state index is -1.31. The summed E-state index contributed by atoms with van der Waals surface area (Å²) in [4.78, 5) is 36.9. The smallest absolute Gasteiger partial charge is 0.343 e. The summed E-state index contributed by atoms with van der Waals surface area (Å²) < 4.78 is 0. The molecule has 1 amide bonds. The Morgan fingerprint density at radius 3 is 2.43 bits per heavy atom. The van der Waals surface area contributed by atoms with Gasteiger partial charge in [0.05, 0.1) is 0 Å². The van der Waals surface area contributed by atoms with Gasteiger partial charge >= 0.3 is 11.9 Å². The maximum absolute atomic E-state index is 11.4. The molecule has 0 radical (unpaired) electrons. The quantitative estimate of drug-likeness (QED) is 0.514. The zero-order valence-electron chi connectivity index (χ0n) is 11.7. The van der Waals surface area contributed by atoms with E-state index in [-0.39, 0.29) is 6.42 Å². The van der Waals surface area contributed by atoms with Crippen molar-refractivity contribution in [3.63, 3.8) is 0 Å². The third-order valence-corrected chi connectivity index (χ3v) is 2.55. The molecule has 0 spiro atoms. The van der Waals surface area contributed by atoms with E-state index in [0.29, 0.717) is 6.42 Å². The van der Waals surface area contributed by atoms with Crippen molar-refractivity contribution in [1.29, 1.82) is 0 Å². The number of aliphatic carboxylic acids is 1. The number of anilines is 1. The Kier molecular flexibility index (Phi) is 6.73. The number of hydroxylamine groups is 1. The highest BCUT2D eigenvalue weighted by atomic mass is 16.7. The Balaban J connectivity index is 2.29. The van der Waals surface area contributed by atoms with E-state index in [9.17, 15) is 14.4 Å². The molecule has 0 unspecified atom stereocenters. The average Bonchev–Trinajstić information content (AvgIpc) is 2.44. The molecule has 0 bridgehead atoms. The summed E-state index contributed by atoms with van der Waals surface area (Å²) in [5.74, 6) is -2.80. The van der Waals surface area contributed by atoms with Gasteiger partial charge in [0.2, 0.25) is 0 Å². The molecule has 0 atom stereocenters. The Morgan fingerprint density at radius 2 is 1.86 bits per heavy atom. The molecule has 0 saturated heterocycles. The molecule has 114 valence electrons. The zero-order valence-corrected chi connectivity index (χ0v) is 11.7. The molecule has 21 heavy (non-hydrogen) atoms. The summed E-state index contributed by atoms with van der Waals surface area (Å²) in [6.07, 6.45) is -0.151. The number of carbonyl (C=O) groups excluding carboxylic acids is 2. The van der Waals surface area contributed by atoms with Gasteiger partial charge in [-0.15, -0.1) is 0 Å². The summed E-state index contributed by atoms with van der Waals surface area (Å²) >= 11 is 0. The standard InChI is InChI=1S/C14H18N2O5/c1-2-15-11-6-3-10(4-7-11)5-8-12(17)16-21-14(20)9-13(18)19/h3-4,6-7,15H,2,5,8-9H2,1H3,(H,16,17)(H,18,19).